The lowest BCUT2D eigenvalue weighted by Gasteiger charge is -2.20. The van der Waals surface area contributed by atoms with Gasteiger partial charge in [0.15, 0.2) is 5.16 Å². The number of benzene rings is 1. The molecule has 0 amide bonds. The Kier molecular flexibility index (Phi) is 5.79. The summed E-state index contributed by atoms with van der Waals surface area (Å²) in [7, 11) is 2.92. The van der Waals surface area contributed by atoms with E-state index >= 15 is 0 Å². The van der Waals surface area contributed by atoms with E-state index in [2.05, 4.69) is 4.98 Å². The molecule has 1 aromatic heterocycles. The molecule has 0 fully saturated rings. The summed E-state index contributed by atoms with van der Waals surface area (Å²) < 4.78 is 11.5. The second-order valence-corrected chi connectivity index (χ2v) is 6.48. The first-order chi connectivity index (χ1) is 11.0. The van der Waals surface area contributed by atoms with Crippen molar-refractivity contribution < 1.29 is 14.3 Å². The van der Waals surface area contributed by atoms with E-state index in [9.17, 15) is 9.59 Å². The van der Waals surface area contributed by atoms with Crippen LogP contribution in [0.25, 0.3) is 10.9 Å². The van der Waals surface area contributed by atoms with Gasteiger partial charge in [0, 0.05) is 7.11 Å². The third kappa shape index (κ3) is 3.73. The number of carbonyl (C=O) groups excluding carboxylic acids is 1. The van der Waals surface area contributed by atoms with Gasteiger partial charge in [0.25, 0.3) is 5.56 Å². The van der Waals surface area contributed by atoms with Crippen LogP contribution in [0.15, 0.2) is 34.2 Å². The maximum atomic E-state index is 12.8. The molecule has 0 saturated heterocycles. The van der Waals surface area contributed by atoms with Gasteiger partial charge in [-0.25, -0.2) is 4.98 Å². The molecule has 7 heteroatoms. The van der Waals surface area contributed by atoms with Crippen LogP contribution < -0.4 is 5.56 Å². The van der Waals surface area contributed by atoms with Crippen LogP contribution in [-0.2, 0) is 14.3 Å². The summed E-state index contributed by atoms with van der Waals surface area (Å²) in [5.41, 5.74) is 0.470. The highest BCUT2D eigenvalue weighted by atomic mass is 32.2. The third-order valence-electron chi connectivity index (χ3n) is 3.44. The van der Waals surface area contributed by atoms with Crippen molar-refractivity contribution >= 4 is 28.6 Å². The second kappa shape index (κ2) is 7.61. The number of thioether (sulfide) groups is 1. The van der Waals surface area contributed by atoms with Crippen molar-refractivity contribution in [1.29, 1.82) is 0 Å². The Labute approximate surface area is 138 Å². The molecule has 2 aromatic rings. The van der Waals surface area contributed by atoms with Gasteiger partial charge in [0.2, 0.25) is 0 Å². The highest BCUT2D eigenvalue weighted by Gasteiger charge is 2.22. The first-order valence-electron chi connectivity index (χ1n) is 7.24. The normalized spacial score (nSPS) is 13.7. The molecular formula is C16H20N2O4S. The molecule has 0 unspecified atom stereocenters. The molecule has 6 nitrogen and oxygen atoms in total. The van der Waals surface area contributed by atoms with Crippen molar-refractivity contribution in [2.75, 3.05) is 20.8 Å². The monoisotopic (exact) mass is 336 g/mol. The molecule has 23 heavy (non-hydrogen) atoms. The van der Waals surface area contributed by atoms with E-state index in [-0.39, 0.29) is 17.6 Å². The first kappa shape index (κ1) is 17.5. The number of para-hydroxylation sites is 1. The smallest absolute Gasteiger partial charge is 0.318 e. The minimum absolute atomic E-state index is 0.139. The Morgan fingerprint density at radius 1 is 1.30 bits per heavy atom. The zero-order valence-electron chi connectivity index (χ0n) is 13.6. The molecule has 0 aliphatic rings. The zero-order chi connectivity index (χ0) is 17.0. The SMILES string of the molecule is COC[C@H](C)n1c(S[C@H](C)C(=O)OC)nc2ccccc2c1=O. The molecule has 2 atom stereocenters. The molecule has 1 heterocycles. The summed E-state index contributed by atoms with van der Waals surface area (Å²) in [6.07, 6.45) is 0. The Balaban J connectivity index is 2.58. The number of methoxy groups -OCH3 is 2. The van der Waals surface area contributed by atoms with Crippen molar-refractivity contribution in [1.82, 2.24) is 9.55 Å². The average molecular weight is 336 g/mol. The second-order valence-electron chi connectivity index (χ2n) is 5.17. The summed E-state index contributed by atoms with van der Waals surface area (Å²) in [6, 6.07) is 6.97. The highest BCUT2D eigenvalue weighted by molar-refractivity contribution is 8.00. The van der Waals surface area contributed by atoms with Crippen molar-refractivity contribution in [2.45, 2.75) is 30.3 Å². The maximum absolute atomic E-state index is 12.8. The van der Waals surface area contributed by atoms with E-state index in [4.69, 9.17) is 9.47 Å². The molecule has 0 saturated carbocycles. The number of fused-ring (bicyclic) bond motifs is 1. The number of ether oxygens (including phenoxy) is 2. The third-order valence-corrected chi connectivity index (χ3v) is 4.48. The van der Waals surface area contributed by atoms with Crippen molar-refractivity contribution in [3.8, 4) is 0 Å². The van der Waals surface area contributed by atoms with Gasteiger partial charge in [-0.05, 0) is 26.0 Å². The molecule has 0 bridgehead atoms. The van der Waals surface area contributed by atoms with Crippen LogP contribution >= 0.6 is 11.8 Å². The van der Waals surface area contributed by atoms with E-state index in [1.807, 2.05) is 13.0 Å². The summed E-state index contributed by atoms with van der Waals surface area (Å²) in [5.74, 6) is -0.358. The lowest BCUT2D eigenvalue weighted by Crippen LogP contribution is -2.29. The molecule has 0 radical (unpaired) electrons. The van der Waals surface area contributed by atoms with Gasteiger partial charge in [0.05, 0.1) is 30.7 Å². The van der Waals surface area contributed by atoms with E-state index in [1.165, 1.54) is 18.9 Å². The number of aromatic nitrogens is 2. The van der Waals surface area contributed by atoms with E-state index in [1.54, 1.807) is 36.8 Å². The predicted molar refractivity (Wildman–Crippen MR) is 89.9 cm³/mol. The van der Waals surface area contributed by atoms with Crippen LogP contribution in [0.4, 0.5) is 0 Å². The lowest BCUT2D eigenvalue weighted by atomic mass is 10.2. The van der Waals surface area contributed by atoms with Crippen LogP contribution in [-0.4, -0.2) is 41.6 Å². The molecule has 0 aliphatic carbocycles. The number of carbonyl (C=O) groups is 1. The number of nitrogens with zero attached hydrogens (tertiary/aromatic N) is 2. The van der Waals surface area contributed by atoms with Gasteiger partial charge in [0.1, 0.15) is 5.25 Å². The first-order valence-corrected chi connectivity index (χ1v) is 8.12. The van der Waals surface area contributed by atoms with Crippen LogP contribution in [0.1, 0.15) is 19.9 Å². The average Bonchev–Trinajstić information content (AvgIpc) is 2.54. The highest BCUT2D eigenvalue weighted by Crippen LogP contribution is 2.25. The van der Waals surface area contributed by atoms with Gasteiger partial charge in [-0.1, -0.05) is 23.9 Å². The Morgan fingerprint density at radius 2 is 2.00 bits per heavy atom. The van der Waals surface area contributed by atoms with Gasteiger partial charge < -0.3 is 9.47 Å². The van der Waals surface area contributed by atoms with Crippen LogP contribution in [0.5, 0.6) is 0 Å². The fraction of sp³-hybridized carbons (Fsp3) is 0.438. The minimum atomic E-state index is -0.464. The van der Waals surface area contributed by atoms with Gasteiger partial charge in [-0.15, -0.1) is 0 Å². The molecule has 2 rings (SSSR count). The molecule has 1 aromatic carbocycles. The summed E-state index contributed by atoms with van der Waals surface area (Å²) in [5, 5.41) is 0.565. The standard InChI is InChI=1S/C16H20N2O4S/c1-10(9-21-3)18-14(19)12-7-5-6-8-13(12)17-16(18)23-11(2)15(20)22-4/h5-8,10-11H,9H2,1-4H3/t10-,11+/m0/s1. The molecule has 0 spiro atoms. The number of esters is 1. The van der Waals surface area contributed by atoms with Crippen molar-refractivity contribution in [2.24, 2.45) is 0 Å². The largest absolute Gasteiger partial charge is 0.468 e. The maximum Gasteiger partial charge on any atom is 0.318 e. The number of hydrogen-bond acceptors (Lipinski definition) is 6. The molecule has 0 N–H and O–H groups in total. The summed E-state index contributed by atoms with van der Waals surface area (Å²) >= 11 is 1.21. The molecular weight excluding hydrogens is 316 g/mol. The summed E-state index contributed by atoms with van der Waals surface area (Å²) in [4.78, 5) is 29.1. The van der Waals surface area contributed by atoms with Gasteiger partial charge in [-0.2, -0.15) is 0 Å². The molecule has 0 aliphatic heterocycles. The zero-order valence-corrected chi connectivity index (χ0v) is 14.4. The van der Waals surface area contributed by atoms with Crippen LogP contribution in [0.2, 0.25) is 0 Å². The topological polar surface area (TPSA) is 70.4 Å². The van der Waals surface area contributed by atoms with E-state index in [0.717, 1.165) is 0 Å². The van der Waals surface area contributed by atoms with Gasteiger partial charge >= 0.3 is 5.97 Å². The Hall–Kier alpha value is -1.86. The van der Waals surface area contributed by atoms with Crippen molar-refractivity contribution in [3.63, 3.8) is 0 Å². The summed E-state index contributed by atoms with van der Waals surface area (Å²) in [6.45, 7) is 3.98. The molecule has 124 valence electrons. The van der Waals surface area contributed by atoms with Gasteiger partial charge in [-0.3, -0.25) is 14.2 Å². The number of rotatable bonds is 6. The van der Waals surface area contributed by atoms with E-state index in [0.29, 0.717) is 22.7 Å². The quantitative estimate of drug-likeness (QED) is 0.458. The Bertz CT molecular complexity index is 759. The van der Waals surface area contributed by atoms with Crippen molar-refractivity contribution in [3.05, 3.63) is 34.6 Å². The fourth-order valence-corrected chi connectivity index (χ4v) is 3.32. The fourth-order valence-electron chi connectivity index (χ4n) is 2.29. The van der Waals surface area contributed by atoms with Crippen LogP contribution in [0, 0.1) is 0 Å². The van der Waals surface area contributed by atoms with Crippen LogP contribution in [0.3, 0.4) is 0 Å². The number of hydrogen-bond donors (Lipinski definition) is 0. The Morgan fingerprint density at radius 3 is 2.65 bits per heavy atom. The lowest BCUT2D eigenvalue weighted by molar-refractivity contribution is -0.139. The van der Waals surface area contributed by atoms with E-state index < -0.39 is 5.25 Å². The minimum Gasteiger partial charge on any atom is -0.468 e. The predicted octanol–water partition coefficient (Wildman–Crippen LogP) is 2.26.